The molecule has 1 N–H and O–H groups in total. The Balaban J connectivity index is 1.89. The summed E-state index contributed by atoms with van der Waals surface area (Å²) in [6.07, 6.45) is -0.249. The van der Waals surface area contributed by atoms with Crippen molar-refractivity contribution in [2.45, 2.75) is 6.42 Å². The van der Waals surface area contributed by atoms with Crippen molar-refractivity contribution in [2.24, 2.45) is 5.41 Å². The number of carboxylic acid groups (broad SMARTS) is 1. The van der Waals surface area contributed by atoms with Crippen LogP contribution in [0.2, 0.25) is 0 Å². The summed E-state index contributed by atoms with van der Waals surface area (Å²) in [5.74, 6) is 0.112. The van der Waals surface area contributed by atoms with Crippen LogP contribution in [-0.2, 0) is 6.42 Å². The number of carbonyl (C=O) groups excluding carboxylic acids is 1. The van der Waals surface area contributed by atoms with Crippen LogP contribution in [0.1, 0.15) is 15.9 Å². The fourth-order valence-corrected chi connectivity index (χ4v) is 2.70. The van der Waals surface area contributed by atoms with Gasteiger partial charge in [-0.1, -0.05) is 24.3 Å². The summed E-state index contributed by atoms with van der Waals surface area (Å²) < 4.78 is 0. The Kier molecular flexibility index (Phi) is 1.67. The van der Waals surface area contributed by atoms with E-state index < -0.39 is 11.5 Å². The summed E-state index contributed by atoms with van der Waals surface area (Å²) in [5, 5.41) is 8.79. The lowest BCUT2D eigenvalue weighted by atomic mass is 9.76. The van der Waals surface area contributed by atoms with E-state index >= 15 is 0 Å². The Hall–Kier alpha value is -1.84. The van der Waals surface area contributed by atoms with Gasteiger partial charge in [-0.3, -0.25) is 4.79 Å². The number of ketones is 1. The van der Waals surface area contributed by atoms with Crippen LogP contribution in [0.4, 0.5) is 4.79 Å². The average molecular weight is 217 g/mol. The SMILES string of the molecule is O=C(O)N1CC2(Cc3ccccc3C2=O)C1. The Morgan fingerprint density at radius 1 is 1.31 bits per heavy atom. The molecular weight excluding hydrogens is 206 g/mol. The average Bonchev–Trinajstić information content (AvgIpc) is 2.50. The number of benzene rings is 1. The van der Waals surface area contributed by atoms with E-state index in [1.54, 1.807) is 0 Å². The zero-order valence-corrected chi connectivity index (χ0v) is 8.64. The minimum Gasteiger partial charge on any atom is -0.465 e. The van der Waals surface area contributed by atoms with Crippen molar-refractivity contribution in [2.75, 3.05) is 13.1 Å². The summed E-state index contributed by atoms with van der Waals surface area (Å²) in [4.78, 5) is 24.2. The fourth-order valence-electron chi connectivity index (χ4n) is 2.70. The van der Waals surface area contributed by atoms with E-state index in [2.05, 4.69) is 0 Å². The third kappa shape index (κ3) is 1.04. The molecule has 0 saturated carbocycles. The van der Waals surface area contributed by atoms with Gasteiger partial charge in [-0.05, 0) is 12.0 Å². The minimum atomic E-state index is -0.936. The second-order valence-electron chi connectivity index (χ2n) is 4.58. The van der Waals surface area contributed by atoms with Crippen molar-refractivity contribution in [1.29, 1.82) is 0 Å². The van der Waals surface area contributed by atoms with Crippen LogP contribution in [0.3, 0.4) is 0 Å². The van der Waals surface area contributed by atoms with E-state index in [0.717, 1.165) is 11.1 Å². The zero-order chi connectivity index (χ0) is 11.3. The number of likely N-dealkylation sites (tertiary alicyclic amines) is 1. The maximum absolute atomic E-state index is 12.1. The summed E-state index contributed by atoms with van der Waals surface area (Å²) >= 11 is 0. The molecule has 1 aliphatic carbocycles. The molecule has 0 aromatic heterocycles. The number of hydrogen-bond donors (Lipinski definition) is 1. The first-order valence-electron chi connectivity index (χ1n) is 5.23. The molecular formula is C12H11NO3. The number of hydrogen-bond acceptors (Lipinski definition) is 2. The minimum absolute atomic E-state index is 0.112. The highest BCUT2D eigenvalue weighted by Crippen LogP contribution is 2.43. The van der Waals surface area contributed by atoms with Gasteiger partial charge < -0.3 is 10.0 Å². The summed E-state index contributed by atoms with van der Waals surface area (Å²) in [7, 11) is 0. The lowest BCUT2D eigenvalue weighted by Crippen LogP contribution is -2.61. The molecule has 16 heavy (non-hydrogen) atoms. The molecule has 1 heterocycles. The maximum atomic E-state index is 12.1. The first-order valence-corrected chi connectivity index (χ1v) is 5.23. The second-order valence-corrected chi connectivity index (χ2v) is 4.58. The molecule has 1 fully saturated rings. The van der Waals surface area contributed by atoms with Crippen LogP contribution in [0.15, 0.2) is 24.3 Å². The highest BCUT2D eigenvalue weighted by atomic mass is 16.4. The van der Waals surface area contributed by atoms with E-state index in [1.165, 1.54) is 4.90 Å². The molecule has 0 bridgehead atoms. The molecule has 1 aromatic carbocycles. The number of nitrogens with zero attached hydrogens (tertiary/aromatic N) is 1. The predicted molar refractivity (Wildman–Crippen MR) is 56.5 cm³/mol. The van der Waals surface area contributed by atoms with Gasteiger partial charge in [0.05, 0.1) is 5.41 Å². The Bertz CT molecular complexity index is 489. The van der Waals surface area contributed by atoms with Crippen molar-refractivity contribution in [3.05, 3.63) is 35.4 Å². The van der Waals surface area contributed by atoms with Gasteiger partial charge >= 0.3 is 6.09 Å². The fraction of sp³-hybridized carbons (Fsp3) is 0.333. The number of Topliss-reactive ketones (excluding diaryl/α,β-unsaturated/α-hetero) is 1. The first-order chi connectivity index (χ1) is 7.62. The van der Waals surface area contributed by atoms with Crippen LogP contribution in [0.25, 0.3) is 0 Å². The molecule has 1 spiro atoms. The van der Waals surface area contributed by atoms with Gasteiger partial charge in [0.1, 0.15) is 0 Å². The van der Waals surface area contributed by atoms with Gasteiger partial charge in [0.15, 0.2) is 5.78 Å². The molecule has 4 heteroatoms. The molecule has 1 aromatic rings. The highest BCUT2D eigenvalue weighted by Gasteiger charge is 2.54. The van der Waals surface area contributed by atoms with Crippen LogP contribution >= 0.6 is 0 Å². The molecule has 4 nitrogen and oxygen atoms in total. The number of rotatable bonds is 0. The van der Waals surface area contributed by atoms with Crippen LogP contribution in [0.5, 0.6) is 0 Å². The van der Waals surface area contributed by atoms with Crippen molar-refractivity contribution in [3.8, 4) is 0 Å². The largest absolute Gasteiger partial charge is 0.465 e. The van der Waals surface area contributed by atoms with Crippen molar-refractivity contribution in [3.63, 3.8) is 0 Å². The molecule has 1 aliphatic heterocycles. The predicted octanol–water partition coefficient (Wildman–Crippen LogP) is 1.41. The van der Waals surface area contributed by atoms with E-state index in [-0.39, 0.29) is 5.78 Å². The van der Waals surface area contributed by atoms with Gasteiger partial charge in [0, 0.05) is 18.7 Å². The summed E-state index contributed by atoms with van der Waals surface area (Å²) in [6.45, 7) is 0.686. The number of carbonyl (C=O) groups is 2. The molecule has 0 atom stereocenters. The number of fused-ring (bicyclic) bond motifs is 1. The normalized spacial score (nSPS) is 20.8. The van der Waals surface area contributed by atoms with Crippen molar-refractivity contribution >= 4 is 11.9 Å². The third-order valence-electron chi connectivity index (χ3n) is 3.53. The lowest BCUT2D eigenvalue weighted by Gasteiger charge is -2.44. The Morgan fingerprint density at radius 3 is 2.62 bits per heavy atom. The van der Waals surface area contributed by atoms with Crippen molar-refractivity contribution < 1.29 is 14.7 Å². The maximum Gasteiger partial charge on any atom is 0.407 e. The van der Waals surface area contributed by atoms with Crippen LogP contribution < -0.4 is 0 Å². The molecule has 1 saturated heterocycles. The van der Waals surface area contributed by atoms with Gasteiger partial charge in [-0.15, -0.1) is 0 Å². The molecule has 0 unspecified atom stereocenters. The van der Waals surface area contributed by atoms with E-state index in [4.69, 9.17) is 5.11 Å². The number of amides is 1. The lowest BCUT2D eigenvalue weighted by molar-refractivity contribution is 0.0198. The standard InChI is InChI=1S/C12H11NO3/c14-10-9-4-2-1-3-8(9)5-12(10)6-13(7-12)11(15)16/h1-4H,5-7H2,(H,15,16). The molecule has 1 amide bonds. The monoisotopic (exact) mass is 217 g/mol. The molecule has 82 valence electrons. The smallest absolute Gasteiger partial charge is 0.407 e. The van der Waals surface area contributed by atoms with Crippen LogP contribution in [0, 0.1) is 5.41 Å². The van der Waals surface area contributed by atoms with Gasteiger partial charge in [-0.2, -0.15) is 0 Å². The highest BCUT2D eigenvalue weighted by molar-refractivity contribution is 6.06. The molecule has 2 aliphatic rings. The summed E-state index contributed by atoms with van der Waals surface area (Å²) in [5.41, 5.74) is 1.37. The zero-order valence-electron chi connectivity index (χ0n) is 8.64. The first kappa shape index (κ1) is 9.39. The molecule has 0 radical (unpaired) electrons. The quantitative estimate of drug-likeness (QED) is 0.714. The van der Waals surface area contributed by atoms with Crippen LogP contribution in [-0.4, -0.2) is 35.0 Å². The van der Waals surface area contributed by atoms with E-state index in [0.29, 0.717) is 19.5 Å². The van der Waals surface area contributed by atoms with Gasteiger partial charge in [-0.25, -0.2) is 4.79 Å². The Morgan fingerprint density at radius 2 is 2.00 bits per heavy atom. The molecule has 3 rings (SSSR count). The topological polar surface area (TPSA) is 57.6 Å². The second kappa shape index (κ2) is 2.84. The summed E-state index contributed by atoms with van der Waals surface area (Å²) in [6, 6.07) is 7.55. The van der Waals surface area contributed by atoms with Crippen molar-refractivity contribution in [1.82, 2.24) is 4.90 Å². The van der Waals surface area contributed by atoms with E-state index in [1.807, 2.05) is 24.3 Å². The van der Waals surface area contributed by atoms with Gasteiger partial charge in [0.25, 0.3) is 0 Å². The Labute approximate surface area is 92.5 Å². The third-order valence-corrected chi connectivity index (χ3v) is 3.53. The van der Waals surface area contributed by atoms with E-state index in [9.17, 15) is 9.59 Å². The van der Waals surface area contributed by atoms with Gasteiger partial charge in [0.2, 0.25) is 0 Å².